The van der Waals surface area contributed by atoms with Crippen LogP contribution in [0.5, 0.6) is 0 Å². The van der Waals surface area contributed by atoms with Gasteiger partial charge in [-0.1, -0.05) is 19.8 Å². The number of hydrogen-bond acceptors (Lipinski definition) is 9. The van der Waals surface area contributed by atoms with Crippen molar-refractivity contribution >= 4 is 27.9 Å². The number of alkyl halides is 3. The van der Waals surface area contributed by atoms with E-state index >= 15 is 0 Å². The molecule has 2 aromatic heterocycles. The monoisotopic (exact) mass is 600 g/mol. The van der Waals surface area contributed by atoms with Crippen molar-refractivity contribution in [3.8, 4) is 11.8 Å². The van der Waals surface area contributed by atoms with Crippen molar-refractivity contribution in [1.82, 2.24) is 19.3 Å². The van der Waals surface area contributed by atoms with Crippen molar-refractivity contribution in [1.29, 1.82) is 0 Å². The first-order valence-corrected chi connectivity index (χ1v) is 14.2. The molecule has 11 nitrogen and oxygen atoms in total. The van der Waals surface area contributed by atoms with Crippen LogP contribution < -0.4 is 10.2 Å². The predicted molar refractivity (Wildman–Crippen MR) is 146 cm³/mol. The molecule has 1 saturated heterocycles. The summed E-state index contributed by atoms with van der Waals surface area (Å²) in [5, 5.41) is 12.3. The highest BCUT2D eigenvalue weighted by atomic mass is 32.2. The van der Waals surface area contributed by atoms with Crippen LogP contribution in [0.15, 0.2) is 35.6 Å². The fraction of sp³-hybridized carbons (Fsp3) is 0.538. The molecule has 226 valence electrons. The Bertz CT molecular complexity index is 1350. The molecule has 1 aliphatic heterocycles. The quantitative estimate of drug-likeness (QED) is 0.489. The summed E-state index contributed by atoms with van der Waals surface area (Å²) >= 11 is 0. The van der Waals surface area contributed by atoms with Crippen molar-refractivity contribution in [3.63, 3.8) is 0 Å². The Kier molecular flexibility index (Phi) is 10.7. The molecule has 0 aromatic carbocycles. The number of pyridine rings is 1. The van der Waals surface area contributed by atoms with Crippen molar-refractivity contribution in [2.75, 3.05) is 29.9 Å². The molecule has 0 radical (unpaired) electrons. The smallest absolute Gasteiger partial charge is 0.421 e. The number of anilines is 2. The minimum absolute atomic E-state index is 0.00746. The lowest BCUT2D eigenvalue weighted by atomic mass is 9.99. The Morgan fingerprint density at radius 3 is 2.17 bits per heavy atom. The number of nitrogens with zero attached hydrogens (tertiary/aromatic N) is 5. The summed E-state index contributed by atoms with van der Waals surface area (Å²) in [4.78, 5) is 25.4. The third-order valence-electron chi connectivity index (χ3n) is 5.67. The highest BCUT2D eigenvalue weighted by Gasteiger charge is 2.51. The molecule has 1 aliphatic rings. The Morgan fingerprint density at radius 1 is 1.07 bits per heavy atom. The molecular formula is C26H35F3N6O5S. The van der Waals surface area contributed by atoms with E-state index in [0.717, 1.165) is 18.6 Å². The van der Waals surface area contributed by atoms with Crippen LogP contribution in [0.25, 0.3) is 0 Å². The average molecular weight is 601 g/mol. The Balaban J connectivity index is 0.00000287. The van der Waals surface area contributed by atoms with Crippen molar-refractivity contribution in [2.45, 2.75) is 76.8 Å². The van der Waals surface area contributed by atoms with Crippen LogP contribution in [0.1, 0.15) is 54.0 Å². The zero-order chi connectivity index (χ0) is 31.2. The van der Waals surface area contributed by atoms with Crippen LogP contribution >= 0.6 is 0 Å². The molecule has 0 saturated carbocycles. The van der Waals surface area contributed by atoms with Gasteiger partial charge in [-0.05, 0) is 46.8 Å². The fourth-order valence-electron chi connectivity index (χ4n) is 3.55. The lowest BCUT2D eigenvalue weighted by Gasteiger charge is -2.38. The van der Waals surface area contributed by atoms with E-state index in [4.69, 9.17) is 4.74 Å². The Hall–Kier alpha value is -3.48. The van der Waals surface area contributed by atoms with Gasteiger partial charge in [-0.2, -0.15) is 17.5 Å². The topological polar surface area (TPSA) is 138 Å². The lowest BCUT2D eigenvalue weighted by molar-refractivity contribution is -0.259. The zero-order valence-corrected chi connectivity index (χ0v) is 24.8. The highest BCUT2D eigenvalue weighted by molar-refractivity contribution is 7.89. The molecule has 2 N–H and O–H groups in total. The molecule has 2 unspecified atom stereocenters. The van der Waals surface area contributed by atoms with Gasteiger partial charge >= 0.3 is 12.3 Å². The number of carbonyl (C=O) groups is 1. The minimum Gasteiger partial charge on any atom is -0.444 e. The van der Waals surface area contributed by atoms with Gasteiger partial charge in [-0.15, -0.1) is 5.92 Å². The lowest BCUT2D eigenvalue weighted by Crippen LogP contribution is -2.54. The zero-order valence-electron chi connectivity index (χ0n) is 23.9. The number of ether oxygens (including phenoxy) is 1. The fourth-order valence-corrected chi connectivity index (χ4v) is 4.94. The first kappa shape index (κ1) is 33.7. The van der Waals surface area contributed by atoms with Gasteiger partial charge in [0.25, 0.3) is 0 Å². The van der Waals surface area contributed by atoms with E-state index in [1.807, 2.05) is 13.8 Å². The van der Waals surface area contributed by atoms with E-state index in [1.165, 1.54) is 16.4 Å². The summed E-state index contributed by atoms with van der Waals surface area (Å²) in [6, 6.07) is 1.94. The number of amides is 1. The molecule has 2 aromatic rings. The summed E-state index contributed by atoms with van der Waals surface area (Å²) in [5.74, 6) is 5.76. The van der Waals surface area contributed by atoms with Gasteiger partial charge in [0.15, 0.2) is 5.60 Å². The molecular weight excluding hydrogens is 565 g/mol. The summed E-state index contributed by atoms with van der Waals surface area (Å²) in [6.07, 6.45) is -2.78. The first-order chi connectivity index (χ1) is 19.0. The number of piperazine rings is 1. The van der Waals surface area contributed by atoms with Crippen LogP contribution in [0, 0.1) is 11.8 Å². The van der Waals surface area contributed by atoms with E-state index in [9.17, 15) is 31.5 Å². The maximum atomic E-state index is 13.3. The molecule has 0 bridgehead atoms. The van der Waals surface area contributed by atoms with E-state index in [1.54, 1.807) is 32.6 Å². The van der Waals surface area contributed by atoms with Crippen molar-refractivity contribution in [2.24, 2.45) is 0 Å². The Labute approximate surface area is 238 Å². The number of sulfonamides is 1. The second-order valence-electron chi connectivity index (χ2n) is 9.81. The van der Waals surface area contributed by atoms with Gasteiger partial charge in [0, 0.05) is 43.8 Å². The van der Waals surface area contributed by atoms with Gasteiger partial charge in [-0.25, -0.2) is 28.2 Å². The molecule has 3 rings (SSSR count). The van der Waals surface area contributed by atoms with Gasteiger partial charge in [-0.3, -0.25) is 5.32 Å². The van der Waals surface area contributed by atoms with Gasteiger partial charge in [0.2, 0.25) is 16.0 Å². The molecule has 0 aliphatic carbocycles. The molecule has 2 atom stereocenters. The summed E-state index contributed by atoms with van der Waals surface area (Å²) in [5.41, 5.74) is -4.38. The van der Waals surface area contributed by atoms with E-state index in [0.29, 0.717) is 6.92 Å². The third kappa shape index (κ3) is 8.27. The summed E-state index contributed by atoms with van der Waals surface area (Å²) in [6.45, 7) is 11.3. The second-order valence-corrected chi connectivity index (χ2v) is 11.8. The number of aliphatic hydroxyl groups is 1. The third-order valence-corrected chi connectivity index (χ3v) is 7.52. The van der Waals surface area contributed by atoms with Crippen LogP contribution in [0.3, 0.4) is 0 Å². The molecule has 3 heterocycles. The van der Waals surface area contributed by atoms with Gasteiger partial charge in [0.1, 0.15) is 22.4 Å². The number of hydrogen-bond donors (Lipinski definition) is 2. The van der Waals surface area contributed by atoms with E-state index < -0.39 is 45.1 Å². The van der Waals surface area contributed by atoms with Crippen LogP contribution in [-0.2, 0) is 20.4 Å². The van der Waals surface area contributed by atoms with Gasteiger partial charge < -0.3 is 14.7 Å². The van der Waals surface area contributed by atoms with Crippen LogP contribution in [0.2, 0.25) is 0 Å². The van der Waals surface area contributed by atoms with Crippen molar-refractivity contribution < 1.29 is 36.2 Å². The number of nitrogens with one attached hydrogen (secondary N) is 1. The van der Waals surface area contributed by atoms with Crippen molar-refractivity contribution in [3.05, 3.63) is 36.3 Å². The molecule has 41 heavy (non-hydrogen) atoms. The van der Waals surface area contributed by atoms with Crippen LogP contribution in [0.4, 0.5) is 29.7 Å². The van der Waals surface area contributed by atoms with Gasteiger partial charge in [0.05, 0.1) is 0 Å². The van der Waals surface area contributed by atoms with E-state index in [-0.39, 0.29) is 36.3 Å². The summed E-state index contributed by atoms with van der Waals surface area (Å²) in [7, 11) is -4.00. The molecule has 1 amide bonds. The standard InChI is InChI=1S/C24H29F3N6O5S.C2H6/c1-6-7-17-15-32(10-11-33(17)20-29-12-16(13-30-20)23(5,35)24(25,26)27)39(36,37)18-8-9-19(28-14-18)31-21(34)38-22(2,3)4;1-2/h8-9,12-14,17,35H,10-11,15H2,1-5H3,(H,28,31,34);1-2H3. The number of halogens is 3. The molecule has 15 heteroatoms. The minimum atomic E-state index is -4.92. The first-order valence-electron chi connectivity index (χ1n) is 12.7. The largest absolute Gasteiger partial charge is 0.444 e. The molecule has 0 spiro atoms. The maximum absolute atomic E-state index is 13.3. The van der Waals surface area contributed by atoms with Crippen LogP contribution in [-0.4, -0.2) is 76.3 Å². The van der Waals surface area contributed by atoms with E-state index in [2.05, 4.69) is 32.1 Å². The predicted octanol–water partition coefficient (Wildman–Crippen LogP) is 3.92. The number of rotatable bonds is 5. The normalized spacial score (nSPS) is 17.7. The highest BCUT2D eigenvalue weighted by Crippen LogP contribution is 2.38. The summed E-state index contributed by atoms with van der Waals surface area (Å²) < 4.78 is 72.4. The maximum Gasteiger partial charge on any atom is 0.421 e. The number of carbonyl (C=O) groups excluding carboxylic acids is 1. The second kappa shape index (κ2) is 13.0. The average Bonchev–Trinajstić information content (AvgIpc) is 2.88. The number of aromatic nitrogens is 3. The molecule has 1 fully saturated rings. The Morgan fingerprint density at radius 2 is 1.68 bits per heavy atom. The SMILES string of the molecule is CC.CC#CC1CN(S(=O)(=O)c2ccc(NC(=O)OC(C)(C)C)nc2)CCN1c1ncc(C(C)(O)C(F)(F)F)cn1.